The molecule has 3 rings (SSSR count). The number of hydrogen-bond donors (Lipinski definition) is 3. The smallest absolute Gasteiger partial charge is 0.407 e. The van der Waals surface area contributed by atoms with E-state index in [0.29, 0.717) is 19.5 Å². The van der Waals surface area contributed by atoms with Crippen LogP contribution in [0.3, 0.4) is 0 Å². The number of amides is 1. The molecule has 27 heavy (non-hydrogen) atoms. The van der Waals surface area contributed by atoms with Gasteiger partial charge in [-0.15, -0.1) is 12.4 Å². The lowest BCUT2D eigenvalue weighted by atomic mass is 10.1. The Hall–Kier alpha value is -3.03. The van der Waals surface area contributed by atoms with E-state index in [4.69, 9.17) is 5.84 Å². The third-order valence-electron chi connectivity index (χ3n) is 4.15. The average Bonchev–Trinajstić information content (AvgIpc) is 3.02. The minimum absolute atomic E-state index is 0. The maximum Gasteiger partial charge on any atom is 0.407 e. The molecule has 0 fully saturated rings. The molecule has 8 heteroatoms. The highest BCUT2D eigenvalue weighted by Gasteiger charge is 2.13. The summed E-state index contributed by atoms with van der Waals surface area (Å²) in [6.45, 7) is 0.802. The summed E-state index contributed by atoms with van der Waals surface area (Å²) >= 11 is 0. The van der Waals surface area contributed by atoms with E-state index in [0.717, 1.165) is 27.6 Å². The first-order chi connectivity index (χ1) is 12.2. The second-order valence-electron chi connectivity index (χ2n) is 5.84. The van der Waals surface area contributed by atoms with Gasteiger partial charge >= 0.3 is 6.09 Å². The molecule has 0 aliphatic heterocycles. The van der Waals surface area contributed by atoms with Gasteiger partial charge < -0.3 is 26.3 Å². The quantitative estimate of drug-likeness (QED) is 0.340. The number of rotatable bonds is 6. The second kappa shape index (κ2) is 10.2. The third kappa shape index (κ3) is 5.47. The van der Waals surface area contributed by atoms with Crippen molar-refractivity contribution in [2.75, 3.05) is 6.54 Å². The predicted octanol–water partition coefficient (Wildman–Crippen LogP) is 2.78. The van der Waals surface area contributed by atoms with Gasteiger partial charge in [0.15, 0.2) is 0 Å². The van der Waals surface area contributed by atoms with Crippen molar-refractivity contribution in [3.8, 4) is 0 Å². The van der Waals surface area contributed by atoms with Crippen molar-refractivity contribution in [1.29, 1.82) is 0 Å². The fraction of sp³-hybridized carbons (Fsp3) is 0.158. The van der Waals surface area contributed by atoms with E-state index in [9.17, 15) is 9.90 Å². The van der Waals surface area contributed by atoms with Crippen molar-refractivity contribution < 1.29 is 15.4 Å². The van der Waals surface area contributed by atoms with Gasteiger partial charge in [-0.05, 0) is 35.2 Å². The Balaban J connectivity index is 0.00000182. The van der Waals surface area contributed by atoms with Crippen molar-refractivity contribution in [3.63, 3.8) is 0 Å². The first-order valence-corrected chi connectivity index (χ1v) is 8.02. The summed E-state index contributed by atoms with van der Waals surface area (Å²) in [6, 6.07) is 15.5. The summed E-state index contributed by atoms with van der Waals surface area (Å²) in [5, 5.41) is 14.1. The van der Waals surface area contributed by atoms with Crippen LogP contribution in [0, 0.1) is 0 Å². The zero-order valence-electron chi connectivity index (χ0n) is 14.6. The van der Waals surface area contributed by atoms with Crippen molar-refractivity contribution in [2.45, 2.75) is 13.0 Å². The lowest BCUT2D eigenvalue weighted by Gasteiger charge is -2.19. The zero-order chi connectivity index (χ0) is 17.6. The highest BCUT2D eigenvalue weighted by atomic mass is 35.5. The molecule has 0 aliphatic rings. The van der Waals surface area contributed by atoms with Crippen LogP contribution in [0.5, 0.6) is 0 Å². The van der Waals surface area contributed by atoms with E-state index in [1.165, 1.54) is 4.90 Å². The van der Waals surface area contributed by atoms with Crippen molar-refractivity contribution in [1.82, 2.24) is 9.88 Å². The summed E-state index contributed by atoms with van der Waals surface area (Å²) in [7, 11) is 0. The van der Waals surface area contributed by atoms with Gasteiger partial charge in [0.25, 0.3) is 0 Å². The molecule has 0 spiro atoms. The van der Waals surface area contributed by atoms with Gasteiger partial charge in [0.05, 0.1) is 6.21 Å². The number of hydrazone groups is 1. The van der Waals surface area contributed by atoms with E-state index in [-0.39, 0.29) is 17.9 Å². The minimum atomic E-state index is -0.917. The SMILES string of the molecule is Cl.NN=Cc1ccc2[nH]cc(CCN(Cc3ccccc3)C(=O)O)c2c1.O. The molecule has 0 aliphatic carbocycles. The molecule has 1 aromatic heterocycles. The van der Waals surface area contributed by atoms with Crippen LogP contribution in [-0.2, 0) is 13.0 Å². The second-order valence-corrected chi connectivity index (χ2v) is 5.84. The molecule has 1 heterocycles. The molecule has 0 atom stereocenters. The van der Waals surface area contributed by atoms with Crippen LogP contribution in [0.2, 0.25) is 0 Å². The number of halogens is 1. The van der Waals surface area contributed by atoms with Gasteiger partial charge in [-0.1, -0.05) is 36.4 Å². The molecule has 0 unspecified atom stereocenters. The van der Waals surface area contributed by atoms with E-state index in [2.05, 4.69) is 10.1 Å². The Morgan fingerprint density at radius 2 is 1.96 bits per heavy atom. The van der Waals surface area contributed by atoms with Crippen LogP contribution in [0.25, 0.3) is 10.9 Å². The Labute approximate surface area is 163 Å². The molecular weight excluding hydrogens is 368 g/mol. The lowest BCUT2D eigenvalue weighted by molar-refractivity contribution is 0.143. The number of benzene rings is 2. The molecule has 0 saturated heterocycles. The van der Waals surface area contributed by atoms with Crippen LogP contribution in [0.15, 0.2) is 59.8 Å². The monoisotopic (exact) mass is 390 g/mol. The number of nitrogens with two attached hydrogens (primary N) is 1. The minimum Gasteiger partial charge on any atom is -0.465 e. The number of aromatic amines is 1. The molecule has 144 valence electrons. The van der Waals surface area contributed by atoms with Gasteiger partial charge in [-0.2, -0.15) is 5.10 Å². The Morgan fingerprint density at radius 1 is 1.22 bits per heavy atom. The number of carboxylic acid groups (broad SMARTS) is 1. The van der Waals surface area contributed by atoms with Gasteiger partial charge in [-0.25, -0.2) is 4.79 Å². The first-order valence-electron chi connectivity index (χ1n) is 8.02. The Bertz CT molecular complexity index is 896. The fourth-order valence-corrected chi connectivity index (χ4v) is 2.87. The molecule has 0 radical (unpaired) electrons. The molecule has 0 saturated carbocycles. The summed E-state index contributed by atoms with van der Waals surface area (Å²) in [5.41, 5.74) is 3.97. The molecule has 6 N–H and O–H groups in total. The maximum atomic E-state index is 11.6. The van der Waals surface area contributed by atoms with Crippen LogP contribution in [0.4, 0.5) is 4.79 Å². The molecule has 3 aromatic rings. The number of H-pyrrole nitrogens is 1. The molecular formula is C19H23ClN4O3. The summed E-state index contributed by atoms with van der Waals surface area (Å²) in [5.74, 6) is 5.21. The molecule has 0 bridgehead atoms. The topological polar surface area (TPSA) is 126 Å². The highest BCUT2D eigenvalue weighted by Crippen LogP contribution is 2.20. The number of carbonyl (C=O) groups is 1. The zero-order valence-corrected chi connectivity index (χ0v) is 15.4. The largest absolute Gasteiger partial charge is 0.465 e. The summed E-state index contributed by atoms with van der Waals surface area (Å²) in [4.78, 5) is 16.2. The van der Waals surface area contributed by atoms with Crippen LogP contribution in [-0.4, -0.2) is 39.3 Å². The predicted molar refractivity (Wildman–Crippen MR) is 110 cm³/mol. The van der Waals surface area contributed by atoms with E-state index >= 15 is 0 Å². The molecule has 7 nitrogen and oxygen atoms in total. The Morgan fingerprint density at radius 3 is 2.63 bits per heavy atom. The van der Waals surface area contributed by atoms with E-state index < -0.39 is 6.09 Å². The van der Waals surface area contributed by atoms with Crippen LogP contribution in [0.1, 0.15) is 16.7 Å². The van der Waals surface area contributed by atoms with Gasteiger partial charge in [0.2, 0.25) is 0 Å². The normalized spacial score (nSPS) is 10.4. The van der Waals surface area contributed by atoms with Crippen LogP contribution >= 0.6 is 12.4 Å². The average molecular weight is 391 g/mol. The van der Waals surface area contributed by atoms with Crippen molar-refractivity contribution in [3.05, 3.63) is 71.4 Å². The third-order valence-corrected chi connectivity index (χ3v) is 4.15. The van der Waals surface area contributed by atoms with E-state index in [1.807, 2.05) is 54.7 Å². The number of nitrogens with zero attached hydrogens (tertiary/aromatic N) is 2. The van der Waals surface area contributed by atoms with Crippen molar-refractivity contribution in [2.24, 2.45) is 10.9 Å². The highest BCUT2D eigenvalue weighted by molar-refractivity contribution is 5.90. The van der Waals surface area contributed by atoms with Crippen LogP contribution < -0.4 is 5.84 Å². The maximum absolute atomic E-state index is 11.6. The standard InChI is InChI=1S/C19H20N4O2.ClH.H2O/c20-22-11-15-6-7-18-17(10-15)16(12-21-18)8-9-23(19(24)25)13-14-4-2-1-3-5-14;;/h1-7,10-12,21H,8-9,13,20H2,(H,24,25);1H;1H2. The molecule has 1 amide bonds. The summed E-state index contributed by atoms with van der Waals surface area (Å²) in [6.07, 6.45) is 3.23. The Kier molecular flexibility index (Phi) is 8.32. The van der Waals surface area contributed by atoms with Crippen molar-refractivity contribution >= 4 is 35.6 Å². The first kappa shape index (κ1) is 22.0. The van der Waals surface area contributed by atoms with Gasteiger partial charge in [-0.3, -0.25) is 0 Å². The summed E-state index contributed by atoms with van der Waals surface area (Å²) < 4.78 is 0. The van der Waals surface area contributed by atoms with Gasteiger partial charge in [0, 0.05) is 30.2 Å². The number of hydrogen-bond acceptors (Lipinski definition) is 3. The number of fused-ring (bicyclic) bond motifs is 1. The number of nitrogens with one attached hydrogen (secondary N) is 1. The lowest BCUT2D eigenvalue weighted by Crippen LogP contribution is -2.30. The molecule has 2 aromatic carbocycles. The van der Waals surface area contributed by atoms with Gasteiger partial charge in [0.1, 0.15) is 0 Å². The number of aromatic nitrogens is 1. The van der Waals surface area contributed by atoms with E-state index in [1.54, 1.807) is 6.21 Å². The fourth-order valence-electron chi connectivity index (χ4n) is 2.87.